The number of anilines is 1. The summed E-state index contributed by atoms with van der Waals surface area (Å²) in [5, 5.41) is 16.5. The molecular formula is C23H39N5O. The van der Waals surface area contributed by atoms with Crippen LogP contribution in [0.3, 0.4) is 0 Å². The number of hydrogen-bond acceptors (Lipinski definition) is 4. The number of nitrogens with one attached hydrogen (secondary N) is 2. The summed E-state index contributed by atoms with van der Waals surface area (Å²) in [5.74, 6) is 1.95. The van der Waals surface area contributed by atoms with Gasteiger partial charge in [-0.1, -0.05) is 19.3 Å². The van der Waals surface area contributed by atoms with Crippen molar-refractivity contribution in [1.29, 1.82) is 0 Å². The monoisotopic (exact) mass is 401 g/mol. The van der Waals surface area contributed by atoms with Gasteiger partial charge in [-0.25, -0.2) is 9.98 Å². The van der Waals surface area contributed by atoms with Crippen molar-refractivity contribution in [3.63, 3.8) is 0 Å². The van der Waals surface area contributed by atoms with Gasteiger partial charge in [0.25, 0.3) is 0 Å². The Bertz CT molecular complexity index is 630. The quantitative estimate of drug-likeness (QED) is 0.460. The van der Waals surface area contributed by atoms with Crippen LogP contribution in [0.5, 0.6) is 0 Å². The van der Waals surface area contributed by atoms with Crippen molar-refractivity contribution in [2.75, 3.05) is 37.7 Å². The minimum absolute atomic E-state index is 0.210. The molecule has 2 fully saturated rings. The Morgan fingerprint density at radius 2 is 1.90 bits per heavy atom. The molecule has 1 aromatic rings. The van der Waals surface area contributed by atoms with Crippen molar-refractivity contribution < 1.29 is 5.11 Å². The van der Waals surface area contributed by atoms with E-state index < -0.39 is 0 Å². The molecule has 6 heteroatoms. The average molecular weight is 402 g/mol. The number of hydrogen-bond donors (Lipinski definition) is 3. The van der Waals surface area contributed by atoms with Gasteiger partial charge in [-0.2, -0.15) is 0 Å². The minimum atomic E-state index is 0.210. The fraction of sp³-hybridized carbons (Fsp3) is 0.739. The molecular weight excluding hydrogens is 362 g/mol. The van der Waals surface area contributed by atoms with Crippen LogP contribution in [0.2, 0.25) is 0 Å². The zero-order valence-electron chi connectivity index (χ0n) is 18.1. The molecule has 29 heavy (non-hydrogen) atoms. The standard InChI is InChI=1S/C23H39N5O/c1-2-24-22(27-19-23(12-16-29)10-5-3-6-11-23)26-18-20-9-13-25-21(17-20)28-14-7-4-8-15-28/h9,13,17,29H,2-8,10-12,14-16,18-19H2,1H3,(H2,24,26,27). The molecule has 1 aromatic heterocycles. The van der Waals surface area contributed by atoms with Gasteiger partial charge in [-0.3, -0.25) is 0 Å². The highest BCUT2D eigenvalue weighted by Gasteiger charge is 2.31. The number of piperidine rings is 1. The van der Waals surface area contributed by atoms with Crippen LogP contribution in [-0.4, -0.2) is 48.8 Å². The second-order valence-electron chi connectivity index (χ2n) is 8.65. The minimum Gasteiger partial charge on any atom is -0.396 e. The summed E-state index contributed by atoms with van der Waals surface area (Å²) in [5.41, 5.74) is 1.40. The van der Waals surface area contributed by atoms with Crippen molar-refractivity contribution in [3.8, 4) is 0 Å². The van der Waals surface area contributed by atoms with E-state index in [4.69, 9.17) is 4.99 Å². The first-order chi connectivity index (χ1) is 14.2. The van der Waals surface area contributed by atoms with Crippen molar-refractivity contribution in [2.24, 2.45) is 10.4 Å². The van der Waals surface area contributed by atoms with Gasteiger partial charge in [0, 0.05) is 39.0 Å². The van der Waals surface area contributed by atoms with Crippen LogP contribution in [0.1, 0.15) is 70.3 Å². The van der Waals surface area contributed by atoms with Gasteiger partial charge in [0.1, 0.15) is 5.82 Å². The topological polar surface area (TPSA) is 72.8 Å². The molecule has 0 bridgehead atoms. The first-order valence-electron chi connectivity index (χ1n) is 11.6. The second-order valence-corrected chi connectivity index (χ2v) is 8.65. The molecule has 1 saturated heterocycles. The smallest absolute Gasteiger partial charge is 0.191 e. The normalized spacial score (nSPS) is 19.8. The summed E-state index contributed by atoms with van der Waals surface area (Å²) in [6, 6.07) is 4.25. The van der Waals surface area contributed by atoms with Gasteiger partial charge in [0.15, 0.2) is 5.96 Å². The Morgan fingerprint density at radius 1 is 1.14 bits per heavy atom. The lowest BCUT2D eigenvalue weighted by atomic mass is 9.72. The van der Waals surface area contributed by atoms with Crippen LogP contribution in [0, 0.1) is 5.41 Å². The highest BCUT2D eigenvalue weighted by atomic mass is 16.3. The summed E-state index contributed by atoms with van der Waals surface area (Å²) in [4.78, 5) is 11.8. The Hall–Kier alpha value is -1.82. The summed E-state index contributed by atoms with van der Waals surface area (Å²) < 4.78 is 0. The van der Waals surface area contributed by atoms with Crippen LogP contribution >= 0.6 is 0 Å². The molecule has 2 heterocycles. The highest BCUT2D eigenvalue weighted by Crippen LogP contribution is 2.38. The van der Waals surface area contributed by atoms with Gasteiger partial charge in [-0.05, 0) is 68.6 Å². The summed E-state index contributed by atoms with van der Waals surface area (Å²) in [7, 11) is 0. The lowest BCUT2D eigenvalue weighted by molar-refractivity contribution is 0.131. The molecule has 1 aliphatic carbocycles. The molecule has 2 aliphatic rings. The lowest BCUT2D eigenvalue weighted by Crippen LogP contribution is -2.44. The average Bonchev–Trinajstić information content (AvgIpc) is 2.77. The lowest BCUT2D eigenvalue weighted by Gasteiger charge is -2.37. The Labute approximate surface area is 176 Å². The maximum Gasteiger partial charge on any atom is 0.191 e. The zero-order valence-corrected chi connectivity index (χ0v) is 18.1. The molecule has 3 rings (SSSR count). The number of aromatic nitrogens is 1. The first-order valence-corrected chi connectivity index (χ1v) is 11.6. The van der Waals surface area contributed by atoms with E-state index >= 15 is 0 Å². The summed E-state index contributed by atoms with van der Waals surface area (Å²) in [6.45, 7) is 6.95. The molecule has 0 amide bonds. The Morgan fingerprint density at radius 3 is 2.62 bits per heavy atom. The van der Waals surface area contributed by atoms with Crippen molar-refractivity contribution in [3.05, 3.63) is 23.9 Å². The third-order valence-electron chi connectivity index (χ3n) is 6.44. The largest absolute Gasteiger partial charge is 0.396 e. The number of nitrogens with zero attached hydrogens (tertiary/aromatic N) is 3. The van der Waals surface area contributed by atoms with E-state index in [0.717, 1.165) is 44.4 Å². The van der Waals surface area contributed by atoms with Gasteiger partial charge in [0.2, 0.25) is 0 Å². The molecule has 0 atom stereocenters. The Balaban J connectivity index is 1.61. The van der Waals surface area contributed by atoms with E-state index in [0.29, 0.717) is 6.54 Å². The maximum atomic E-state index is 9.55. The van der Waals surface area contributed by atoms with Gasteiger partial charge in [0.05, 0.1) is 6.54 Å². The molecule has 0 aromatic carbocycles. The van der Waals surface area contributed by atoms with Gasteiger partial charge >= 0.3 is 0 Å². The van der Waals surface area contributed by atoms with Crippen LogP contribution in [-0.2, 0) is 6.54 Å². The van der Waals surface area contributed by atoms with Crippen molar-refractivity contribution >= 4 is 11.8 Å². The number of pyridine rings is 1. The van der Waals surface area contributed by atoms with Crippen molar-refractivity contribution in [1.82, 2.24) is 15.6 Å². The molecule has 0 radical (unpaired) electrons. The van der Waals surface area contributed by atoms with E-state index in [-0.39, 0.29) is 12.0 Å². The molecule has 0 spiro atoms. The summed E-state index contributed by atoms with van der Waals surface area (Å²) >= 11 is 0. The fourth-order valence-electron chi connectivity index (χ4n) is 4.69. The molecule has 162 valence electrons. The van der Waals surface area contributed by atoms with Crippen molar-refractivity contribution in [2.45, 2.75) is 71.3 Å². The second kappa shape index (κ2) is 11.4. The van der Waals surface area contributed by atoms with E-state index in [1.165, 1.54) is 56.9 Å². The number of aliphatic imine (C=N–C) groups is 1. The van der Waals surface area contributed by atoms with E-state index in [2.05, 4.69) is 39.6 Å². The van der Waals surface area contributed by atoms with E-state index in [1.54, 1.807) is 0 Å². The van der Waals surface area contributed by atoms with Crippen LogP contribution in [0.4, 0.5) is 5.82 Å². The van der Waals surface area contributed by atoms with E-state index in [9.17, 15) is 5.11 Å². The molecule has 6 nitrogen and oxygen atoms in total. The fourth-order valence-corrected chi connectivity index (χ4v) is 4.69. The van der Waals surface area contributed by atoms with Gasteiger partial charge < -0.3 is 20.6 Å². The SMILES string of the molecule is CCNC(=NCc1ccnc(N2CCCCC2)c1)NCC1(CCO)CCCCC1. The highest BCUT2D eigenvalue weighted by molar-refractivity contribution is 5.79. The molecule has 1 aliphatic heterocycles. The predicted octanol–water partition coefficient (Wildman–Crippen LogP) is 3.46. The number of aliphatic hydroxyl groups excluding tert-OH is 1. The van der Waals surface area contributed by atoms with E-state index in [1.807, 2.05) is 6.20 Å². The van der Waals surface area contributed by atoms with Crippen LogP contribution in [0.15, 0.2) is 23.3 Å². The summed E-state index contributed by atoms with van der Waals surface area (Å²) in [6.07, 6.45) is 12.9. The molecule has 1 saturated carbocycles. The number of aliphatic hydroxyl groups is 1. The number of rotatable bonds is 8. The van der Waals surface area contributed by atoms with Gasteiger partial charge in [-0.15, -0.1) is 0 Å². The molecule has 3 N–H and O–H groups in total. The predicted molar refractivity (Wildman–Crippen MR) is 120 cm³/mol. The Kier molecular flexibility index (Phi) is 8.59. The molecule has 0 unspecified atom stereocenters. The van der Waals surface area contributed by atoms with Crippen LogP contribution < -0.4 is 15.5 Å². The third kappa shape index (κ3) is 6.59. The first kappa shape index (κ1) is 21.9. The maximum absolute atomic E-state index is 9.55. The number of guanidine groups is 1. The third-order valence-corrected chi connectivity index (χ3v) is 6.44. The zero-order chi connectivity index (χ0) is 20.4. The van der Waals surface area contributed by atoms with Crippen LogP contribution in [0.25, 0.3) is 0 Å².